The van der Waals surface area contributed by atoms with Crippen LogP contribution in [0.4, 0.5) is 24.5 Å². The Labute approximate surface area is 120 Å². The number of amides is 1. The van der Waals surface area contributed by atoms with Gasteiger partial charge < -0.3 is 5.32 Å². The van der Waals surface area contributed by atoms with E-state index in [-0.39, 0.29) is 3.57 Å². The van der Waals surface area contributed by atoms with Crippen molar-refractivity contribution in [2.75, 3.05) is 5.32 Å². The summed E-state index contributed by atoms with van der Waals surface area (Å²) in [6.45, 7) is 0. The number of nitrogens with one attached hydrogen (secondary N) is 1. The molecule has 0 spiro atoms. The zero-order chi connectivity index (χ0) is 14.1. The van der Waals surface area contributed by atoms with Crippen LogP contribution in [0.1, 0.15) is 0 Å². The Balaban J connectivity index is 3.24. The van der Waals surface area contributed by atoms with Crippen LogP contribution in [0.2, 0.25) is 0 Å². The summed E-state index contributed by atoms with van der Waals surface area (Å²) < 4.78 is 36.7. The number of carbonyl (C=O) groups is 1. The zero-order valence-corrected chi connectivity index (χ0v) is 12.0. The van der Waals surface area contributed by atoms with E-state index in [1.165, 1.54) is 11.4 Å². The maximum Gasteiger partial charge on any atom is 0.471 e. The molecule has 0 unspecified atom stereocenters. The van der Waals surface area contributed by atoms with Crippen molar-refractivity contribution in [1.82, 2.24) is 0 Å². The average molecular weight is 439 g/mol. The molecule has 1 aromatic carbocycles. The maximum atomic E-state index is 12.1. The summed E-state index contributed by atoms with van der Waals surface area (Å²) in [5.41, 5.74) is -1.10. The Morgan fingerprint density at radius 2 is 2.00 bits per heavy atom. The fraction of sp³-hybridized carbons (Fsp3) is 0.125. The third kappa shape index (κ3) is 3.54. The predicted octanol–water partition coefficient (Wildman–Crippen LogP) is 3.46. The van der Waals surface area contributed by atoms with Crippen LogP contribution < -0.4 is 5.32 Å². The van der Waals surface area contributed by atoms with E-state index in [4.69, 9.17) is 0 Å². The molecule has 0 aliphatic carbocycles. The lowest BCUT2D eigenvalue weighted by molar-refractivity contribution is -0.384. The molecule has 1 rings (SSSR count). The molecule has 0 aliphatic heterocycles. The van der Waals surface area contributed by atoms with E-state index in [0.29, 0.717) is 4.47 Å². The molecule has 1 aromatic rings. The van der Waals surface area contributed by atoms with Crippen LogP contribution in [0.25, 0.3) is 0 Å². The highest BCUT2D eigenvalue weighted by Crippen LogP contribution is 2.34. The van der Waals surface area contributed by atoms with Crippen molar-refractivity contribution in [3.8, 4) is 0 Å². The number of nitrogens with zero attached hydrogens (tertiary/aromatic N) is 1. The molecule has 0 atom stereocenters. The third-order valence-electron chi connectivity index (χ3n) is 1.73. The highest BCUT2D eigenvalue weighted by molar-refractivity contribution is 14.1. The van der Waals surface area contributed by atoms with E-state index in [1.807, 2.05) is 0 Å². The molecule has 5 nitrogen and oxygen atoms in total. The van der Waals surface area contributed by atoms with Crippen molar-refractivity contribution >= 4 is 55.8 Å². The zero-order valence-electron chi connectivity index (χ0n) is 8.22. The van der Waals surface area contributed by atoms with Crippen LogP contribution in [-0.2, 0) is 4.79 Å². The Morgan fingerprint density at radius 3 is 2.44 bits per heavy atom. The van der Waals surface area contributed by atoms with Gasteiger partial charge in [0.15, 0.2) is 0 Å². The molecule has 1 amide bonds. The first-order chi connectivity index (χ1) is 8.12. The number of alkyl halides is 3. The fourth-order valence-corrected chi connectivity index (χ4v) is 2.63. The molecule has 18 heavy (non-hydrogen) atoms. The molecule has 0 saturated heterocycles. The molecule has 10 heteroatoms. The molecule has 0 fully saturated rings. The van der Waals surface area contributed by atoms with Gasteiger partial charge in [-0.2, -0.15) is 13.2 Å². The second-order valence-electron chi connectivity index (χ2n) is 2.99. The average Bonchev–Trinajstić information content (AvgIpc) is 2.19. The number of halogens is 5. The van der Waals surface area contributed by atoms with E-state index < -0.39 is 28.4 Å². The molecular weight excluding hydrogens is 436 g/mol. The number of hydrogen-bond donors (Lipinski definition) is 1. The van der Waals surface area contributed by atoms with Crippen LogP contribution in [0, 0.1) is 13.7 Å². The van der Waals surface area contributed by atoms with Crippen molar-refractivity contribution < 1.29 is 22.9 Å². The van der Waals surface area contributed by atoms with Gasteiger partial charge in [-0.3, -0.25) is 14.9 Å². The third-order valence-corrected chi connectivity index (χ3v) is 3.04. The SMILES string of the molecule is O=C(Nc1c(I)cc(Br)cc1[N+](=O)[O-])C(F)(F)F. The summed E-state index contributed by atoms with van der Waals surface area (Å²) in [7, 11) is 0. The van der Waals surface area contributed by atoms with Gasteiger partial charge in [0.1, 0.15) is 5.69 Å². The minimum Gasteiger partial charge on any atom is -0.312 e. The second kappa shape index (κ2) is 5.38. The normalized spacial score (nSPS) is 11.2. The quantitative estimate of drug-likeness (QED) is 0.436. The first-order valence-corrected chi connectivity index (χ1v) is 6.01. The molecule has 0 aromatic heterocycles. The Bertz CT molecular complexity index is 521. The summed E-state index contributed by atoms with van der Waals surface area (Å²) in [6, 6.07) is 2.35. The van der Waals surface area contributed by atoms with E-state index in [9.17, 15) is 28.1 Å². The second-order valence-corrected chi connectivity index (χ2v) is 5.07. The van der Waals surface area contributed by atoms with E-state index in [2.05, 4.69) is 15.9 Å². The van der Waals surface area contributed by atoms with Gasteiger partial charge in [0.2, 0.25) is 0 Å². The summed E-state index contributed by atoms with van der Waals surface area (Å²) in [4.78, 5) is 20.6. The Kier molecular flexibility index (Phi) is 4.53. The number of benzene rings is 1. The monoisotopic (exact) mass is 438 g/mol. The highest BCUT2D eigenvalue weighted by atomic mass is 127. The minimum atomic E-state index is -5.11. The lowest BCUT2D eigenvalue weighted by Crippen LogP contribution is -2.30. The number of nitro groups is 1. The predicted molar refractivity (Wildman–Crippen MR) is 68.2 cm³/mol. The molecule has 0 bridgehead atoms. The van der Waals surface area contributed by atoms with Crippen LogP contribution in [0.3, 0.4) is 0 Å². The lowest BCUT2D eigenvalue weighted by atomic mass is 10.2. The summed E-state index contributed by atoms with van der Waals surface area (Å²) in [5, 5.41) is 12.2. The summed E-state index contributed by atoms with van der Waals surface area (Å²) >= 11 is 4.57. The molecule has 1 N–H and O–H groups in total. The molecule has 98 valence electrons. The van der Waals surface area contributed by atoms with Crippen LogP contribution >= 0.6 is 38.5 Å². The van der Waals surface area contributed by atoms with E-state index in [1.54, 1.807) is 22.6 Å². The molecule has 0 aliphatic rings. The highest BCUT2D eigenvalue weighted by Gasteiger charge is 2.40. The molecular formula is C8H3BrF3IN2O3. The lowest BCUT2D eigenvalue weighted by Gasteiger charge is -2.10. The van der Waals surface area contributed by atoms with Gasteiger partial charge >= 0.3 is 12.1 Å². The van der Waals surface area contributed by atoms with Gasteiger partial charge in [0, 0.05) is 14.1 Å². The number of hydrogen-bond acceptors (Lipinski definition) is 3. The fourth-order valence-electron chi connectivity index (χ4n) is 1.01. The molecule has 0 radical (unpaired) electrons. The van der Waals surface area contributed by atoms with Crippen molar-refractivity contribution in [1.29, 1.82) is 0 Å². The number of nitro benzene ring substituents is 1. The van der Waals surface area contributed by atoms with Crippen LogP contribution in [0.5, 0.6) is 0 Å². The van der Waals surface area contributed by atoms with E-state index >= 15 is 0 Å². The maximum absolute atomic E-state index is 12.1. The van der Waals surface area contributed by atoms with Crippen molar-refractivity contribution in [2.24, 2.45) is 0 Å². The standard InChI is InChI=1S/C8H3BrF3IN2O3/c9-3-1-4(13)6(5(2-3)15(17)18)14-7(16)8(10,11)12/h1-2H,(H,14,16). The van der Waals surface area contributed by atoms with Gasteiger partial charge in [-0.05, 0) is 28.7 Å². The smallest absolute Gasteiger partial charge is 0.312 e. The van der Waals surface area contributed by atoms with E-state index in [0.717, 1.165) is 6.07 Å². The number of carbonyl (C=O) groups excluding carboxylic acids is 1. The topological polar surface area (TPSA) is 72.2 Å². The number of rotatable bonds is 2. The molecule has 0 heterocycles. The molecule has 0 saturated carbocycles. The van der Waals surface area contributed by atoms with Gasteiger partial charge in [0.05, 0.1) is 4.92 Å². The van der Waals surface area contributed by atoms with Crippen LogP contribution in [-0.4, -0.2) is 17.0 Å². The van der Waals surface area contributed by atoms with Crippen molar-refractivity contribution in [3.05, 3.63) is 30.3 Å². The van der Waals surface area contributed by atoms with Crippen molar-refractivity contribution in [2.45, 2.75) is 6.18 Å². The Morgan fingerprint density at radius 1 is 1.44 bits per heavy atom. The first-order valence-electron chi connectivity index (χ1n) is 4.14. The van der Waals surface area contributed by atoms with Crippen LogP contribution in [0.15, 0.2) is 16.6 Å². The summed E-state index contributed by atoms with van der Waals surface area (Å²) in [5.74, 6) is -2.26. The van der Waals surface area contributed by atoms with Gasteiger partial charge in [0.25, 0.3) is 5.69 Å². The van der Waals surface area contributed by atoms with Gasteiger partial charge in [-0.1, -0.05) is 15.9 Å². The minimum absolute atomic E-state index is 0.117. The number of anilines is 1. The van der Waals surface area contributed by atoms with Crippen molar-refractivity contribution in [3.63, 3.8) is 0 Å². The van der Waals surface area contributed by atoms with Gasteiger partial charge in [-0.25, -0.2) is 0 Å². The summed E-state index contributed by atoms with van der Waals surface area (Å²) in [6.07, 6.45) is -5.11. The largest absolute Gasteiger partial charge is 0.471 e. The Hall–Kier alpha value is -0.910. The first kappa shape index (κ1) is 15.1. The van der Waals surface area contributed by atoms with Gasteiger partial charge in [-0.15, -0.1) is 0 Å².